The van der Waals surface area contributed by atoms with E-state index < -0.39 is 0 Å². The van der Waals surface area contributed by atoms with Gasteiger partial charge in [0, 0.05) is 32.0 Å². The first kappa shape index (κ1) is 20.9. The summed E-state index contributed by atoms with van der Waals surface area (Å²) in [5.41, 5.74) is 0. The largest absolute Gasteiger partial charge is 0.383 e. The molecule has 0 saturated carbocycles. The van der Waals surface area contributed by atoms with E-state index in [4.69, 9.17) is 4.74 Å². The summed E-state index contributed by atoms with van der Waals surface area (Å²) in [4.78, 5) is 14.0. The first-order chi connectivity index (χ1) is 10.3. The van der Waals surface area contributed by atoms with E-state index in [1.165, 1.54) is 51.4 Å². The normalized spacial score (nSPS) is 10.8. The van der Waals surface area contributed by atoms with E-state index in [-0.39, 0.29) is 5.91 Å². The molecule has 0 aromatic carbocycles. The number of hydrogen-bond donors (Lipinski definition) is 0. The average molecular weight is 364 g/mol. The Morgan fingerprint density at radius 1 is 0.952 bits per heavy atom. The van der Waals surface area contributed by atoms with Crippen LogP contribution in [0.3, 0.4) is 0 Å². The molecular formula is C17H34BrNO2. The van der Waals surface area contributed by atoms with Gasteiger partial charge in [-0.3, -0.25) is 4.79 Å². The lowest BCUT2D eigenvalue weighted by Crippen LogP contribution is -2.35. The number of carbonyl (C=O) groups excluding carboxylic acids is 1. The number of halogens is 1. The fraction of sp³-hybridized carbons (Fsp3) is 0.941. The lowest BCUT2D eigenvalue weighted by molar-refractivity contribution is -0.131. The van der Waals surface area contributed by atoms with Crippen LogP contribution < -0.4 is 0 Å². The molecule has 0 fully saturated rings. The van der Waals surface area contributed by atoms with Crippen molar-refractivity contribution in [1.29, 1.82) is 0 Å². The van der Waals surface area contributed by atoms with Gasteiger partial charge in [0.05, 0.1) is 6.61 Å². The number of methoxy groups -OCH3 is 1. The van der Waals surface area contributed by atoms with Crippen LogP contribution in [-0.4, -0.2) is 42.9 Å². The molecule has 0 aliphatic heterocycles. The van der Waals surface area contributed by atoms with Crippen LogP contribution in [0.5, 0.6) is 0 Å². The SMILES string of the molecule is CCCCCCCCCCCC(=O)N(CCBr)CCOC. The Balaban J connectivity index is 3.53. The molecule has 4 heteroatoms. The fourth-order valence-corrected chi connectivity index (χ4v) is 2.84. The maximum atomic E-state index is 12.1. The first-order valence-corrected chi connectivity index (χ1v) is 9.71. The van der Waals surface area contributed by atoms with Gasteiger partial charge in [-0.15, -0.1) is 0 Å². The van der Waals surface area contributed by atoms with Crippen LogP contribution in [0.1, 0.15) is 71.1 Å². The zero-order valence-electron chi connectivity index (χ0n) is 14.0. The molecule has 3 nitrogen and oxygen atoms in total. The quantitative estimate of drug-likeness (QED) is 0.309. The predicted molar refractivity (Wildman–Crippen MR) is 94.1 cm³/mol. The van der Waals surface area contributed by atoms with Crippen LogP contribution in [0, 0.1) is 0 Å². The number of nitrogens with zero attached hydrogens (tertiary/aromatic N) is 1. The molecule has 1 amide bonds. The molecule has 0 radical (unpaired) electrons. The summed E-state index contributed by atoms with van der Waals surface area (Å²) in [5, 5.41) is 0.834. The van der Waals surface area contributed by atoms with Crippen LogP contribution in [0.25, 0.3) is 0 Å². The summed E-state index contributed by atoms with van der Waals surface area (Å²) in [6.07, 6.45) is 12.3. The number of rotatable bonds is 15. The molecule has 0 unspecified atom stereocenters. The van der Waals surface area contributed by atoms with E-state index in [0.717, 1.165) is 18.3 Å². The highest BCUT2D eigenvalue weighted by molar-refractivity contribution is 9.09. The topological polar surface area (TPSA) is 29.5 Å². The van der Waals surface area contributed by atoms with Crippen LogP contribution in [-0.2, 0) is 9.53 Å². The van der Waals surface area contributed by atoms with Gasteiger partial charge in [-0.25, -0.2) is 0 Å². The predicted octanol–water partition coefficient (Wildman–Crippen LogP) is 4.78. The Bertz CT molecular complexity index is 237. The monoisotopic (exact) mass is 363 g/mol. The fourth-order valence-electron chi connectivity index (χ4n) is 2.41. The van der Waals surface area contributed by atoms with Crippen molar-refractivity contribution in [2.75, 3.05) is 32.1 Å². The third-order valence-corrected chi connectivity index (χ3v) is 4.12. The molecule has 0 bridgehead atoms. The molecule has 0 heterocycles. The van der Waals surface area contributed by atoms with Gasteiger partial charge in [0.25, 0.3) is 0 Å². The van der Waals surface area contributed by atoms with Crippen molar-refractivity contribution in [3.8, 4) is 0 Å². The second kappa shape index (κ2) is 16.3. The summed E-state index contributed by atoms with van der Waals surface area (Å²) < 4.78 is 5.06. The van der Waals surface area contributed by atoms with Crippen LogP contribution >= 0.6 is 15.9 Å². The maximum absolute atomic E-state index is 12.1. The molecule has 21 heavy (non-hydrogen) atoms. The minimum Gasteiger partial charge on any atom is -0.383 e. The lowest BCUT2D eigenvalue weighted by atomic mass is 10.1. The van der Waals surface area contributed by atoms with Crippen LogP contribution in [0.2, 0.25) is 0 Å². The summed E-state index contributed by atoms with van der Waals surface area (Å²) in [7, 11) is 1.68. The number of carbonyl (C=O) groups is 1. The Labute approximate surface area is 139 Å². The second-order valence-corrected chi connectivity index (χ2v) is 6.43. The maximum Gasteiger partial charge on any atom is 0.222 e. The van der Waals surface area contributed by atoms with Crippen molar-refractivity contribution in [3.05, 3.63) is 0 Å². The average Bonchev–Trinajstić information content (AvgIpc) is 2.49. The van der Waals surface area contributed by atoms with Gasteiger partial charge in [-0.2, -0.15) is 0 Å². The van der Waals surface area contributed by atoms with Crippen LogP contribution in [0.15, 0.2) is 0 Å². The Kier molecular flexibility index (Phi) is 16.2. The molecule has 0 aromatic rings. The minimum absolute atomic E-state index is 0.273. The number of ether oxygens (including phenoxy) is 1. The van der Waals surface area contributed by atoms with Gasteiger partial charge < -0.3 is 9.64 Å². The smallest absolute Gasteiger partial charge is 0.222 e. The van der Waals surface area contributed by atoms with Crippen molar-refractivity contribution >= 4 is 21.8 Å². The highest BCUT2D eigenvalue weighted by Gasteiger charge is 2.11. The van der Waals surface area contributed by atoms with E-state index in [9.17, 15) is 4.79 Å². The Morgan fingerprint density at radius 3 is 2.05 bits per heavy atom. The number of alkyl halides is 1. The summed E-state index contributed by atoms with van der Waals surface area (Å²) >= 11 is 3.40. The van der Waals surface area contributed by atoms with E-state index >= 15 is 0 Å². The summed E-state index contributed by atoms with van der Waals surface area (Å²) in [6.45, 7) is 4.36. The van der Waals surface area contributed by atoms with Crippen molar-refractivity contribution in [1.82, 2.24) is 4.90 Å². The van der Waals surface area contributed by atoms with Gasteiger partial charge in [0.15, 0.2) is 0 Å². The van der Waals surface area contributed by atoms with Gasteiger partial charge in [0.1, 0.15) is 0 Å². The molecule has 0 aliphatic carbocycles. The van der Waals surface area contributed by atoms with Gasteiger partial charge in [-0.05, 0) is 6.42 Å². The summed E-state index contributed by atoms with van der Waals surface area (Å²) in [6, 6.07) is 0. The van der Waals surface area contributed by atoms with Gasteiger partial charge in [0.2, 0.25) is 5.91 Å². The second-order valence-electron chi connectivity index (χ2n) is 5.64. The molecule has 0 saturated heterocycles. The van der Waals surface area contributed by atoms with Crippen molar-refractivity contribution in [2.45, 2.75) is 71.1 Å². The molecule has 0 N–H and O–H groups in total. The molecule has 0 rings (SSSR count). The molecule has 0 aromatic heterocycles. The molecule has 0 spiro atoms. The Hall–Kier alpha value is -0.0900. The molecular weight excluding hydrogens is 330 g/mol. The highest BCUT2D eigenvalue weighted by Crippen LogP contribution is 2.11. The van der Waals surface area contributed by atoms with E-state index in [0.29, 0.717) is 19.6 Å². The zero-order chi connectivity index (χ0) is 15.8. The Morgan fingerprint density at radius 2 is 1.52 bits per heavy atom. The van der Waals surface area contributed by atoms with Crippen molar-refractivity contribution in [3.63, 3.8) is 0 Å². The molecule has 126 valence electrons. The summed E-state index contributed by atoms with van der Waals surface area (Å²) in [5.74, 6) is 0.273. The number of hydrogen-bond acceptors (Lipinski definition) is 2. The first-order valence-electron chi connectivity index (χ1n) is 8.59. The standard InChI is InChI=1S/C17H34BrNO2/c1-3-4-5-6-7-8-9-10-11-12-17(20)19(14-13-18)15-16-21-2/h3-16H2,1-2H3. The lowest BCUT2D eigenvalue weighted by Gasteiger charge is -2.21. The third kappa shape index (κ3) is 13.3. The molecule has 0 atom stereocenters. The number of amides is 1. The zero-order valence-corrected chi connectivity index (χ0v) is 15.6. The van der Waals surface area contributed by atoms with Crippen LogP contribution in [0.4, 0.5) is 0 Å². The van der Waals surface area contributed by atoms with E-state index in [1.54, 1.807) is 7.11 Å². The van der Waals surface area contributed by atoms with E-state index in [2.05, 4.69) is 22.9 Å². The highest BCUT2D eigenvalue weighted by atomic mass is 79.9. The van der Waals surface area contributed by atoms with Gasteiger partial charge >= 0.3 is 0 Å². The minimum atomic E-state index is 0.273. The van der Waals surface area contributed by atoms with Crippen molar-refractivity contribution in [2.24, 2.45) is 0 Å². The van der Waals surface area contributed by atoms with Crippen molar-refractivity contribution < 1.29 is 9.53 Å². The van der Waals surface area contributed by atoms with E-state index in [1.807, 2.05) is 4.90 Å². The van der Waals surface area contributed by atoms with Gasteiger partial charge in [-0.1, -0.05) is 74.2 Å². The molecule has 0 aliphatic rings. The number of unbranched alkanes of at least 4 members (excludes halogenated alkanes) is 8. The third-order valence-electron chi connectivity index (χ3n) is 3.77.